The van der Waals surface area contributed by atoms with Gasteiger partial charge in [0.1, 0.15) is 5.82 Å². The Kier molecular flexibility index (Phi) is 6.75. The van der Waals surface area contributed by atoms with Crippen molar-refractivity contribution in [2.45, 2.75) is 25.3 Å². The normalized spacial score (nSPS) is 16.0. The third kappa shape index (κ3) is 4.65. The number of hydrogen-bond donors (Lipinski definition) is 1. The molecular formula is C14H22ClN3O2. The Morgan fingerprint density at radius 1 is 1.45 bits per heavy atom. The molecule has 1 N–H and O–H groups in total. The summed E-state index contributed by atoms with van der Waals surface area (Å²) >= 11 is 0. The molecule has 5 nitrogen and oxygen atoms in total. The summed E-state index contributed by atoms with van der Waals surface area (Å²) in [5.41, 5.74) is 0. The summed E-state index contributed by atoms with van der Waals surface area (Å²) in [6.07, 6.45) is 4.16. The maximum atomic E-state index is 10.6. The lowest BCUT2D eigenvalue weighted by molar-refractivity contribution is -0.137. The van der Waals surface area contributed by atoms with Crippen LogP contribution in [0.1, 0.15) is 19.3 Å². The molecule has 0 atom stereocenters. The average Bonchev–Trinajstić information content (AvgIpc) is 2.46. The smallest absolute Gasteiger partial charge is 0.304 e. The lowest BCUT2D eigenvalue weighted by Gasteiger charge is -2.37. The van der Waals surface area contributed by atoms with E-state index in [9.17, 15) is 4.79 Å². The van der Waals surface area contributed by atoms with Gasteiger partial charge in [0, 0.05) is 31.9 Å². The SMILES string of the molecule is CN(CCC(=O)O)C1CCN(c2ccccn2)CC1.Cl. The number of rotatable bonds is 5. The Balaban J connectivity index is 0.00000200. The maximum absolute atomic E-state index is 10.6. The zero-order chi connectivity index (χ0) is 13.7. The van der Waals surface area contributed by atoms with Crippen LogP contribution >= 0.6 is 12.4 Å². The van der Waals surface area contributed by atoms with Crippen molar-refractivity contribution in [2.24, 2.45) is 0 Å². The van der Waals surface area contributed by atoms with E-state index in [-0.39, 0.29) is 18.8 Å². The van der Waals surface area contributed by atoms with Gasteiger partial charge >= 0.3 is 5.97 Å². The molecule has 6 heteroatoms. The highest BCUT2D eigenvalue weighted by molar-refractivity contribution is 5.85. The number of carbonyl (C=O) groups is 1. The second kappa shape index (κ2) is 8.07. The van der Waals surface area contributed by atoms with Crippen LogP contribution in [0.5, 0.6) is 0 Å². The van der Waals surface area contributed by atoms with Crippen molar-refractivity contribution in [3.63, 3.8) is 0 Å². The topological polar surface area (TPSA) is 56.7 Å². The van der Waals surface area contributed by atoms with Crippen LogP contribution in [-0.2, 0) is 4.79 Å². The quantitative estimate of drug-likeness (QED) is 0.899. The summed E-state index contributed by atoms with van der Waals surface area (Å²) in [6.45, 7) is 2.60. The minimum atomic E-state index is -0.724. The number of piperidine rings is 1. The van der Waals surface area contributed by atoms with Gasteiger partial charge in [0.15, 0.2) is 0 Å². The van der Waals surface area contributed by atoms with Gasteiger partial charge in [-0.15, -0.1) is 12.4 Å². The van der Waals surface area contributed by atoms with E-state index in [0.717, 1.165) is 31.7 Å². The summed E-state index contributed by atoms with van der Waals surface area (Å²) in [7, 11) is 2.02. The molecule has 20 heavy (non-hydrogen) atoms. The number of halogens is 1. The van der Waals surface area contributed by atoms with Crippen LogP contribution in [0.25, 0.3) is 0 Å². The Bertz CT molecular complexity index is 408. The fourth-order valence-electron chi connectivity index (χ4n) is 2.53. The van der Waals surface area contributed by atoms with Gasteiger partial charge in [-0.25, -0.2) is 4.98 Å². The van der Waals surface area contributed by atoms with Crippen LogP contribution in [-0.4, -0.2) is 53.7 Å². The maximum Gasteiger partial charge on any atom is 0.304 e. The minimum Gasteiger partial charge on any atom is -0.481 e. The fourth-order valence-corrected chi connectivity index (χ4v) is 2.53. The molecule has 0 spiro atoms. The summed E-state index contributed by atoms with van der Waals surface area (Å²) in [5, 5.41) is 8.71. The van der Waals surface area contributed by atoms with E-state index in [2.05, 4.69) is 14.8 Å². The molecule has 2 rings (SSSR count). The number of hydrogen-bond acceptors (Lipinski definition) is 4. The van der Waals surface area contributed by atoms with Gasteiger partial charge in [-0.1, -0.05) is 6.07 Å². The number of aromatic nitrogens is 1. The summed E-state index contributed by atoms with van der Waals surface area (Å²) in [4.78, 5) is 19.4. The van der Waals surface area contributed by atoms with Crippen LogP contribution in [0.4, 0.5) is 5.82 Å². The largest absolute Gasteiger partial charge is 0.481 e. The number of nitrogens with zero attached hydrogens (tertiary/aromatic N) is 3. The van der Waals surface area contributed by atoms with Crippen LogP contribution in [0.15, 0.2) is 24.4 Å². The molecule has 1 saturated heterocycles. The van der Waals surface area contributed by atoms with Crippen LogP contribution in [0, 0.1) is 0 Å². The molecule has 0 aliphatic carbocycles. The first-order valence-electron chi connectivity index (χ1n) is 6.75. The molecule has 1 aromatic rings. The minimum absolute atomic E-state index is 0. The third-order valence-electron chi connectivity index (χ3n) is 3.74. The Hall–Kier alpha value is -1.33. The summed E-state index contributed by atoms with van der Waals surface area (Å²) in [5.74, 6) is 0.312. The molecule has 0 saturated carbocycles. The molecular weight excluding hydrogens is 278 g/mol. The molecule has 0 aromatic carbocycles. The zero-order valence-corrected chi connectivity index (χ0v) is 12.6. The molecule has 0 radical (unpaired) electrons. The average molecular weight is 300 g/mol. The van der Waals surface area contributed by atoms with Crippen molar-refractivity contribution in [1.29, 1.82) is 0 Å². The van der Waals surface area contributed by atoms with Crippen molar-refractivity contribution in [3.05, 3.63) is 24.4 Å². The van der Waals surface area contributed by atoms with Gasteiger partial charge in [0.25, 0.3) is 0 Å². The first-order chi connectivity index (χ1) is 9.16. The van der Waals surface area contributed by atoms with E-state index in [1.165, 1.54) is 0 Å². The monoisotopic (exact) mass is 299 g/mol. The van der Waals surface area contributed by atoms with E-state index < -0.39 is 5.97 Å². The standard InChI is InChI=1S/C14H21N3O2.ClH/c1-16(9-7-14(18)19)12-5-10-17(11-6-12)13-4-2-3-8-15-13;/h2-4,8,12H,5-7,9-11H2,1H3,(H,18,19);1H. The number of aliphatic carboxylic acids is 1. The second-order valence-corrected chi connectivity index (χ2v) is 5.03. The first-order valence-corrected chi connectivity index (χ1v) is 6.75. The summed E-state index contributed by atoms with van der Waals surface area (Å²) in [6, 6.07) is 6.46. The molecule has 112 valence electrons. The van der Waals surface area contributed by atoms with E-state index in [4.69, 9.17) is 5.11 Å². The fraction of sp³-hybridized carbons (Fsp3) is 0.571. The number of carboxylic acids is 1. The predicted molar refractivity (Wildman–Crippen MR) is 81.6 cm³/mol. The number of anilines is 1. The molecule has 1 aliphatic rings. The Morgan fingerprint density at radius 3 is 2.70 bits per heavy atom. The molecule has 2 heterocycles. The lowest BCUT2D eigenvalue weighted by atomic mass is 10.0. The van der Waals surface area contributed by atoms with E-state index >= 15 is 0 Å². The van der Waals surface area contributed by atoms with E-state index in [1.54, 1.807) is 0 Å². The van der Waals surface area contributed by atoms with Gasteiger partial charge in [-0.3, -0.25) is 4.79 Å². The Morgan fingerprint density at radius 2 is 2.15 bits per heavy atom. The van der Waals surface area contributed by atoms with Crippen molar-refractivity contribution in [2.75, 3.05) is 31.6 Å². The van der Waals surface area contributed by atoms with E-state index in [0.29, 0.717) is 12.6 Å². The van der Waals surface area contributed by atoms with Gasteiger partial charge in [0.2, 0.25) is 0 Å². The number of pyridine rings is 1. The van der Waals surface area contributed by atoms with Gasteiger partial charge in [0.05, 0.1) is 6.42 Å². The van der Waals surface area contributed by atoms with Crippen molar-refractivity contribution >= 4 is 24.2 Å². The number of carboxylic acid groups (broad SMARTS) is 1. The molecule has 1 fully saturated rings. The Labute approximate surface area is 126 Å². The van der Waals surface area contributed by atoms with Gasteiger partial charge in [-0.05, 0) is 32.0 Å². The van der Waals surface area contributed by atoms with Crippen LogP contribution in [0.3, 0.4) is 0 Å². The van der Waals surface area contributed by atoms with E-state index in [1.807, 2.05) is 31.4 Å². The zero-order valence-electron chi connectivity index (χ0n) is 11.7. The molecule has 0 unspecified atom stereocenters. The highest BCUT2D eigenvalue weighted by Gasteiger charge is 2.23. The van der Waals surface area contributed by atoms with Crippen LogP contribution < -0.4 is 4.90 Å². The van der Waals surface area contributed by atoms with Gasteiger partial charge < -0.3 is 14.9 Å². The second-order valence-electron chi connectivity index (χ2n) is 5.03. The van der Waals surface area contributed by atoms with Gasteiger partial charge in [-0.2, -0.15) is 0 Å². The third-order valence-corrected chi connectivity index (χ3v) is 3.74. The predicted octanol–water partition coefficient (Wildman–Crippen LogP) is 1.88. The van der Waals surface area contributed by atoms with Crippen molar-refractivity contribution in [1.82, 2.24) is 9.88 Å². The molecule has 0 bridgehead atoms. The highest BCUT2D eigenvalue weighted by Crippen LogP contribution is 2.20. The molecule has 1 aromatic heterocycles. The molecule has 1 aliphatic heterocycles. The summed E-state index contributed by atoms with van der Waals surface area (Å²) < 4.78 is 0. The highest BCUT2D eigenvalue weighted by atomic mass is 35.5. The van der Waals surface area contributed by atoms with Crippen molar-refractivity contribution in [3.8, 4) is 0 Å². The molecule has 0 amide bonds. The van der Waals surface area contributed by atoms with Crippen molar-refractivity contribution < 1.29 is 9.90 Å². The van der Waals surface area contributed by atoms with Crippen LogP contribution in [0.2, 0.25) is 0 Å². The lowest BCUT2D eigenvalue weighted by Crippen LogP contribution is -2.44. The first kappa shape index (κ1) is 16.7.